The molecule has 0 saturated carbocycles. The molecule has 0 N–H and O–H groups in total. The SMILES string of the molecule is COC(C)(C)C1CN(C)CCN1C. The monoisotopic (exact) mass is 186 g/mol. The Balaban J connectivity index is 2.65. The Kier molecular flexibility index (Phi) is 3.33. The van der Waals surface area contributed by atoms with Gasteiger partial charge < -0.3 is 9.64 Å². The largest absolute Gasteiger partial charge is 0.377 e. The fourth-order valence-electron chi connectivity index (χ4n) is 1.90. The summed E-state index contributed by atoms with van der Waals surface area (Å²) in [4.78, 5) is 4.76. The van der Waals surface area contributed by atoms with Gasteiger partial charge in [-0.2, -0.15) is 0 Å². The molecule has 1 heterocycles. The van der Waals surface area contributed by atoms with E-state index >= 15 is 0 Å². The van der Waals surface area contributed by atoms with E-state index in [1.165, 1.54) is 0 Å². The molecule has 0 aromatic rings. The van der Waals surface area contributed by atoms with Crippen LogP contribution in [0, 0.1) is 0 Å². The van der Waals surface area contributed by atoms with Gasteiger partial charge in [-0.3, -0.25) is 4.90 Å². The van der Waals surface area contributed by atoms with Gasteiger partial charge in [0.25, 0.3) is 0 Å². The molecule has 1 saturated heterocycles. The maximum absolute atomic E-state index is 5.53. The van der Waals surface area contributed by atoms with Crippen LogP contribution in [-0.2, 0) is 4.74 Å². The van der Waals surface area contributed by atoms with Gasteiger partial charge in [0.2, 0.25) is 0 Å². The number of ether oxygens (including phenoxy) is 1. The number of hydrogen-bond donors (Lipinski definition) is 0. The van der Waals surface area contributed by atoms with Crippen LogP contribution in [0.15, 0.2) is 0 Å². The van der Waals surface area contributed by atoms with Crippen LogP contribution in [0.1, 0.15) is 13.8 Å². The number of rotatable bonds is 2. The molecule has 1 atom stereocenters. The smallest absolute Gasteiger partial charge is 0.0789 e. The second-order valence-corrected chi connectivity index (χ2v) is 4.57. The molecule has 0 aliphatic carbocycles. The Bertz CT molecular complexity index is 170. The first-order chi connectivity index (χ1) is 5.97. The molecule has 0 bridgehead atoms. The fourth-order valence-corrected chi connectivity index (χ4v) is 1.90. The Morgan fingerprint density at radius 1 is 1.23 bits per heavy atom. The Labute approximate surface area is 81.7 Å². The fraction of sp³-hybridized carbons (Fsp3) is 1.00. The molecule has 1 aliphatic rings. The molecule has 1 aliphatic heterocycles. The van der Waals surface area contributed by atoms with E-state index in [-0.39, 0.29) is 5.60 Å². The summed E-state index contributed by atoms with van der Waals surface area (Å²) in [5.41, 5.74) is -0.0522. The van der Waals surface area contributed by atoms with E-state index in [9.17, 15) is 0 Å². The standard InChI is InChI=1S/C10H22N2O/c1-10(2,13-5)9-8-11(3)6-7-12(9)4/h9H,6-8H2,1-5H3. The van der Waals surface area contributed by atoms with E-state index in [1.807, 2.05) is 0 Å². The third-order valence-electron chi connectivity index (χ3n) is 3.18. The van der Waals surface area contributed by atoms with Crippen molar-refractivity contribution in [1.29, 1.82) is 0 Å². The van der Waals surface area contributed by atoms with Crippen LogP contribution < -0.4 is 0 Å². The first-order valence-corrected chi connectivity index (χ1v) is 4.91. The van der Waals surface area contributed by atoms with Gasteiger partial charge >= 0.3 is 0 Å². The summed E-state index contributed by atoms with van der Waals surface area (Å²) in [6, 6.07) is 0.497. The minimum Gasteiger partial charge on any atom is -0.377 e. The summed E-state index contributed by atoms with van der Waals surface area (Å²) in [6.07, 6.45) is 0. The van der Waals surface area contributed by atoms with Gasteiger partial charge in [-0.1, -0.05) is 0 Å². The van der Waals surface area contributed by atoms with Crippen molar-refractivity contribution in [1.82, 2.24) is 9.80 Å². The van der Waals surface area contributed by atoms with Crippen LogP contribution in [0.5, 0.6) is 0 Å². The highest BCUT2D eigenvalue weighted by atomic mass is 16.5. The van der Waals surface area contributed by atoms with Crippen molar-refractivity contribution in [2.75, 3.05) is 40.8 Å². The Morgan fingerprint density at radius 2 is 1.85 bits per heavy atom. The first-order valence-electron chi connectivity index (χ1n) is 4.91. The van der Waals surface area contributed by atoms with Gasteiger partial charge in [0.15, 0.2) is 0 Å². The van der Waals surface area contributed by atoms with E-state index in [1.54, 1.807) is 7.11 Å². The maximum atomic E-state index is 5.53. The van der Waals surface area contributed by atoms with Crippen LogP contribution in [0.2, 0.25) is 0 Å². The highest BCUT2D eigenvalue weighted by Gasteiger charge is 2.35. The van der Waals surface area contributed by atoms with Crippen molar-refractivity contribution in [3.8, 4) is 0 Å². The zero-order valence-corrected chi connectivity index (χ0v) is 9.50. The van der Waals surface area contributed by atoms with Gasteiger partial charge in [-0.25, -0.2) is 0 Å². The van der Waals surface area contributed by atoms with Crippen molar-refractivity contribution in [3.63, 3.8) is 0 Å². The van der Waals surface area contributed by atoms with Gasteiger partial charge in [-0.05, 0) is 27.9 Å². The van der Waals surface area contributed by atoms with Gasteiger partial charge in [0.1, 0.15) is 0 Å². The second kappa shape index (κ2) is 3.95. The highest BCUT2D eigenvalue weighted by Crippen LogP contribution is 2.21. The van der Waals surface area contributed by atoms with Crippen molar-refractivity contribution >= 4 is 0 Å². The van der Waals surface area contributed by atoms with Crippen LogP contribution >= 0.6 is 0 Å². The van der Waals surface area contributed by atoms with E-state index in [2.05, 4.69) is 37.7 Å². The van der Waals surface area contributed by atoms with E-state index in [0.717, 1.165) is 19.6 Å². The first kappa shape index (κ1) is 11.0. The number of hydrogen-bond acceptors (Lipinski definition) is 3. The highest BCUT2D eigenvalue weighted by molar-refractivity contribution is 4.91. The summed E-state index contributed by atoms with van der Waals surface area (Å²) < 4.78 is 5.53. The predicted octanol–water partition coefficient (Wildman–Crippen LogP) is 0.657. The van der Waals surface area contributed by atoms with E-state index < -0.39 is 0 Å². The lowest BCUT2D eigenvalue weighted by Gasteiger charge is -2.45. The summed E-state index contributed by atoms with van der Waals surface area (Å²) in [7, 11) is 6.15. The predicted molar refractivity (Wildman–Crippen MR) is 55.0 cm³/mol. The topological polar surface area (TPSA) is 15.7 Å². The lowest BCUT2D eigenvalue weighted by molar-refractivity contribution is -0.0698. The average Bonchev–Trinajstić information content (AvgIpc) is 2.09. The van der Waals surface area contributed by atoms with Crippen molar-refractivity contribution in [2.24, 2.45) is 0 Å². The van der Waals surface area contributed by atoms with Gasteiger partial charge in [0, 0.05) is 26.7 Å². The zero-order valence-electron chi connectivity index (χ0n) is 9.50. The lowest BCUT2D eigenvalue weighted by Crippen LogP contribution is -2.59. The minimum atomic E-state index is -0.0522. The molecule has 78 valence electrons. The molecule has 1 fully saturated rings. The molecular weight excluding hydrogens is 164 g/mol. The molecule has 13 heavy (non-hydrogen) atoms. The number of piperazine rings is 1. The molecular formula is C10H22N2O. The summed E-state index contributed by atoms with van der Waals surface area (Å²) in [5, 5.41) is 0. The molecule has 1 rings (SSSR count). The molecule has 0 amide bonds. The molecule has 3 nitrogen and oxygen atoms in total. The average molecular weight is 186 g/mol. The summed E-state index contributed by atoms with van der Waals surface area (Å²) in [5.74, 6) is 0. The Hall–Kier alpha value is -0.120. The van der Waals surface area contributed by atoms with Crippen molar-refractivity contribution in [3.05, 3.63) is 0 Å². The number of likely N-dealkylation sites (N-methyl/N-ethyl adjacent to an activating group) is 2. The van der Waals surface area contributed by atoms with Gasteiger partial charge in [0.05, 0.1) is 11.6 Å². The van der Waals surface area contributed by atoms with Crippen molar-refractivity contribution in [2.45, 2.75) is 25.5 Å². The molecule has 0 spiro atoms. The van der Waals surface area contributed by atoms with E-state index in [0.29, 0.717) is 6.04 Å². The lowest BCUT2D eigenvalue weighted by atomic mass is 9.95. The zero-order chi connectivity index (χ0) is 10.1. The van der Waals surface area contributed by atoms with Crippen LogP contribution in [0.25, 0.3) is 0 Å². The third-order valence-corrected chi connectivity index (χ3v) is 3.18. The number of nitrogens with zero attached hydrogens (tertiary/aromatic N) is 2. The van der Waals surface area contributed by atoms with Crippen molar-refractivity contribution < 1.29 is 4.74 Å². The normalized spacial score (nSPS) is 27.9. The second-order valence-electron chi connectivity index (χ2n) is 4.57. The van der Waals surface area contributed by atoms with Gasteiger partial charge in [-0.15, -0.1) is 0 Å². The molecule has 3 heteroatoms. The number of methoxy groups -OCH3 is 1. The summed E-state index contributed by atoms with van der Waals surface area (Å²) in [6.45, 7) is 7.71. The van der Waals surface area contributed by atoms with Crippen LogP contribution in [0.4, 0.5) is 0 Å². The molecule has 1 unspecified atom stereocenters. The quantitative estimate of drug-likeness (QED) is 0.630. The minimum absolute atomic E-state index is 0.0522. The van der Waals surface area contributed by atoms with Crippen LogP contribution in [0.3, 0.4) is 0 Å². The van der Waals surface area contributed by atoms with E-state index in [4.69, 9.17) is 4.74 Å². The Morgan fingerprint density at radius 3 is 2.38 bits per heavy atom. The third kappa shape index (κ3) is 2.42. The van der Waals surface area contributed by atoms with Crippen LogP contribution in [-0.4, -0.2) is 62.3 Å². The summed E-state index contributed by atoms with van der Waals surface area (Å²) >= 11 is 0. The molecule has 0 aromatic heterocycles. The molecule has 0 aromatic carbocycles. The maximum Gasteiger partial charge on any atom is 0.0789 e. The molecule has 0 radical (unpaired) electrons.